The van der Waals surface area contributed by atoms with E-state index in [0.29, 0.717) is 6.54 Å². The SMILES string of the molecule is Cn1nccc1CNC(=O)NCC(C)(O)c1cccs1. The Hall–Kier alpha value is -1.86. The number of hydrogen-bond acceptors (Lipinski definition) is 4. The smallest absolute Gasteiger partial charge is 0.315 e. The lowest BCUT2D eigenvalue weighted by atomic mass is 10.1. The molecule has 2 aromatic rings. The van der Waals surface area contributed by atoms with Crippen LogP contribution >= 0.6 is 11.3 Å². The Morgan fingerprint density at radius 1 is 1.50 bits per heavy atom. The second kappa shape index (κ2) is 6.06. The van der Waals surface area contributed by atoms with Crippen LogP contribution in [0.3, 0.4) is 0 Å². The summed E-state index contributed by atoms with van der Waals surface area (Å²) in [4.78, 5) is 12.5. The molecular formula is C13H18N4O2S. The summed E-state index contributed by atoms with van der Waals surface area (Å²) in [5, 5.41) is 21.6. The first-order chi connectivity index (χ1) is 9.49. The molecule has 7 heteroatoms. The molecule has 108 valence electrons. The highest BCUT2D eigenvalue weighted by atomic mass is 32.1. The Balaban J connectivity index is 1.79. The Kier molecular flexibility index (Phi) is 4.41. The van der Waals surface area contributed by atoms with Gasteiger partial charge in [0.05, 0.1) is 18.8 Å². The molecule has 0 spiro atoms. The van der Waals surface area contributed by atoms with Gasteiger partial charge in [0.25, 0.3) is 0 Å². The van der Waals surface area contributed by atoms with Crippen LogP contribution in [-0.4, -0.2) is 27.5 Å². The lowest BCUT2D eigenvalue weighted by Crippen LogP contribution is -2.43. The number of amides is 2. The van der Waals surface area contributed by atoms with Crippen molar-refractivity contribution in [2.75, 3.05) is 6.54 Å². The minimum atomic E-state index is -1.06. The molecule has 0 aliphatic carbocycles. The van der Waals surface area contributed by atoms with E-state index in [0.717, 1.165) is 10.6 Å². The van der Waals surface area contributed by atoms with Crippen molar-refractivity contribution in [3.8, 4) is 0 Å². The zero-order valence-corrected chi connectivity index (χ0v) is 12.3. The normalized spacial score (nSPS) is 13.8. The number of carbonyl (C=O) groups is 1. The van der Waals surface area contributed by atoms with E-state index >= 15 is 0 Å². The number of urea groups is 1. The highest BCUT2D eigenvalue weighted by Gasteiger charge is 2.24. The van der Waals surface area contributed by atoms with Crippen molar-refractivity contribution < 1.29 is 9.90 Å². The molecule has 0 fully saturated rings. The highest BCUT2D eigenvalue weighted by Crippen LogP contribution is 2.24. The summed E-state index contributed by atoms with van der Waals surface area (Å²) < 4.78 is 1.70. The van der Waals surface area contributed by atoms with Gasteiger partial charge in [-0.1, -0.05) is 6.07 Å². The number of nitrogens with zero attached hydrogens (tertiary/aromatic N) is 2. The quantitative estimate of drug-likeness (QED) is 0.775. The van der Waals surface area contributed by atoms with Gasteiger partial charge in [-0.05, 0) is 24.4 Å². The second-order valence-electron chi connectivity index (χ2n) is 4.73. The lowest BCUT2D eigenvalue weighted by molar-refractivity contribution is 0.0631. The zero-order valence-electron chi connectivity index (χ0n) is 11.5. The Bertz CT molecular complexity index is 563. The predicted molar refractivity (Wildman–Crippen MR) is 77.3 cm³/mol. The molecule has 2 aromatic heterocycles. The molecule has 2 rings (SSSR count). The van der Waals surface area contributed by atoms with Crippen LogP contribution in [0, 0.1) is 0 Å². The van der Waals surface area contributed by atoms with E-state index in [1.54, 1.807) is 17.8 Å². The van der Waals surface area contributed by atoms with Crippen LogP contribution in [-0.2, 0) is 19.2 Å². The molecule has 2 amide bonds. The third kappa shape index (κ3) is 3.58. The van der Waals surface area contributed by atoms with Gasteiger partial charge in [0, 0.05) is 18.1 Å². The minimum absolute atomic E-state index is 0.157. The number of hydrogen-bond donors (Lipinski definition) is 3. The Labute approximate surface area is 121 Å². The van der Waals surface area contributed by atoms with Gasteiger partial charge in [-0.2, -0.15) is 5.10 Å². The molecule has 2 heterocycles. The summed E-state index contributed by atoms with van der Waals surface area (Å²) in [6, 6.07) is 5.24. The molecule has 0 saturated heterocycles. The maximum Gasteiger partial charge on any atom is 0.315 e. The monoisotopic (exact) mass is 294 g/mol. The van der Waals surface area contributed by atoms with Crippen molar-refractivity contribution in [3.05, 3.63) is 40.3 Å². The fourth-order valence-electron chi connectivity index (χ4n) is 1.73. The summed E-state index contributed by atoms with van der Waals surface area (Å²) >= 11 is 1.46. The summed E-state index contributed by atoms with van der Waals surface area (Å²) in [6.45, 7) is 2.23. The number of rotatable bonds is 5. The lowest BCUT2D eigenvalue weighted by Gasteiger charge is -2.22. The van der Waals surface area contributed by atoms with Crippen LogP contribution in [0.2, 0.25) is 0 Å². The van der Waals surface area contributed by atoms with Crippen molar-refractivity contribution in [3.63, 3.8) is 0 Å². The van der Waals surface area contributed by atoms with Gasteiger partial charge in [0.1, 0.15) is 5.60 Å². The van der Waals surface area contributed by atoms with Gasteiger partial charge in [-0.25, -0.2) is 4.79 Å². The first-order valence-corrected chi connectivity index (χ1v) is 7.12. The number of aromatic nitrogens is 2. The summed E-state index contributed by atoms with van der Waals surface area (Å²) in [7, 11) is 1.82. The van der Waals surface area contributed by atoms with Crippen molar-refractivity contribution in [2.45, 2.75) is 19.1 Å². The van der Waals surface area contributed by atoms with Gasteiger partial charge in [-0.3, -0.25) is 4.68 Å². The zero-order chi connectivity index (χ0) is 14.6. The number of aryl methyl sites for hydroxylation is 1. The molecule has 0 aromatic carbocycles. The molecule has 0 saturated carbocycles. The second-order valence-corrected chi connectivity index (χ2v) is 5.68. The van der Waals surface area contributed by atoms with Gasteiger partial charge in [0.15, 0.2) is 0 Å². The topological polar surface area (TPSA) is 79.2 Å². The third-order valence-electron chi connectivity index (χ3n) is 3.00. The van der Waals surface area contributed by atoms with Crippen LogP contribution in [0.15, 0.2) is 29.8 Å². The summed E-state index contributed by atoms with van der Waals surface area (Å²) in [5.41, 5.74) is -0.150. The maximum atomic E-state index is 11.7. The van der Waals surface area contributed by atoms with Crippen LogP contribution in [0.25, 0.3) is 0 Å². The van der Waals surface area contributed by atoms with E-state index < -0.39 is 5.60 Å². The first kappa shape index (κ1) is 14.5. The molecule has 0 aliphatic heterocycles. The van der Waals surface area contributed by atoms with E-state index in [1.165, 1.54) is 11.3 Å². The Morgan fingerprint density at radius 3 is 2.90 bits per heavy atom. The maximum absolute atomic E-state index is 11.7. The fourth-order valence-corrected chi connectivity index (χ4v) is 2.52. The molecule has 0 aliphatic rings. The molecule has 1 unspecified atom stereocenters. The molecule has 20 heavy (non-hydrogen) atoms. The predicted octanol–water partition coefficient (Wildman–Crippen LogP) is 1.19. The van der Waals surface area contributed by atoms with Crippen LogP contribution in [0.4, 0.5) is 4.79 Å². The average molecular weight is 294 g/mol. The van der Waals surface area contributed by atoms with Crippen molar-refractivity contribution >= 4 is 17.4 Å². The van der Waals surface area contributed by atoms with Crippen LogP contribution in [0.1, 0.15) is 17.5 Å². The Morgan fingerprint density at radius 2 is 2.30 bits per heavy atom. The fraction of sp³-hybridized carbons (Fsp3) is 0.385. The van der Waals surface area contributed by atoms with Crippen LogP contribution in [0.5, 0.6) is 0 Å². The number of aliphatic hydroxyl groups is 1. The van der Waals surface area contributed by atoms with Crippen molar-refractivity contribution in [1.82, 2.24) is 20.4 Å². The van der Waals surface area contributed by atoms with E-state index in [2.05, 4.69) is 15.7 Å². The average Bonchev–Trinajstić information content (AvgIpc) is 3.05. The highest BCUT2D eigenvalue weighted by molar-refractivity contribution is 7.10. The van der Waals surface area contributed by atoms with Crippen molar-refractivity contribution in [1.29, 1.82) is 0 Å². The van der Waals surface area contributed by atoms with E-state index in [9.17, 15) is 9.90 Å². The van der Waals surface area contributed by atoms with E-state index in [1.807, 2.05) is 30.6 Å². The summed E-state index contributed by atoms with van der Waals surface area (Å²) in [5.74, 6) is 0. The van der Waals surface area contributed by atoms with Gasteiger partial charge < -0.3 is 15.7 Å². The summed E-state index contributed by atoms with van der Waals surface area (Å²) in [6.07, 6.45) is 1.68. The molecule has 3 N–H and O–H groups in total. The third-order valence-corrected chi connectivity index (χ3v) is 4.12. The van der Waals surface area contributed by atoms with Gasteiger partial charge in [-0.15, -0.1) is 11.3 Å². The van der Waals surface area contributed by atoms with E-state index in [4.69, 9.17) is 0 Å². The molecular weight excluding hydrogens is 276 g/mol. The first-order valence-electron chi connectivity index (χ1n) is 6.24. The van der Waals surface area contributed by atoms with Gasteiger partial charge in [0.2, 0.25) is 0 Å². The van der Waals surface area contributed by atoms with Crippen LogP contribution < -0.4 is 10.6 Å². The largest absolute Gasteiger partial charge is 0.383 e. The van der Waals surface area contributed by atoms with E-state index in [-0.39, 0.29) is 12.6 Å². The number of thiophene rings is 1. The molecule has 0 radical (unpaired) electrons. The standard InChI is InChI=1S/C13H18N4O2S/c1-13(19,11-4-3-7-20-11)9-15-12(18)14-8-10-5-6-16-17(10)2/h3-7,19H,8-9H2,1-2H3,(H2,14,15,18). The van der Waals surface area contributed by atoms with Crippen molar-refractivity contribution in [2.24, 2.45) is 7.05 Å². The molecule has 0 bridgehead atoms. The number of carbonyl (C=O) groups excluding carboxylic acids is 1. The minimum Gasteiger partial charge on any atom is -0.383 e. The molecule has 6 nitrogen and oxygen atoms in total. The number of nitrogens with one attached hydrogen (secondary N) is 2. The molecule has 1 atom stereocenters. The van der Waals surface area contributed by atoms with Gasteiger partial charge >= 0.3 is 6.03 Å².